The number of aryl methyl sites for hydroxylation is 1. The number of aromatic nitrogens is 1. The molecule has 1 aliphatic rings. The highest BCUT2D eigenvalue weighted by Gasteiger charge is 2.19. The van der Waals surface area contributed by atoms with Gasteiger partial charge in [-0.25, -0.2) is 4.79 Å². The van der Waals surface area contributed by atoms with Gasteiger partial charge in [-0.15, -0.1) is 0 Å². The van der Waals surface area contributed by atoms with Crippen LogP contribution in [0.15, 0.2) is 41.3 Å². The van der Waals surface area contributed by atoms with Gasteiger partial charge in [0.15, 0.2) is 0 Å². The Morgan fingerprint density at radius 1 is 1.24 bits per heavy atom. The van der Waals surface area contributed by atoms with Gasteiger partial charge in [0.05, 0.1) is 12.7 Å². The van der Waals surface area contributed by atoms with Crippen molar-refractivity contribution in [2.75, 3.05) is 20.2 Å². The number of methoxy groups -OCH3 is 1. The van der Waals surface area contributed by atoms with E-state index < -0.39 is 5.97 Å². The zero-order valence-electron chi connectivity index (χ0n) is 16.9. The number of carbonyl (C=O) groups is 2. The summed E-state index contributed by atoms with van der Waals surface area (Å²) in [5, 5.41) is 6.16. The van der Waals surface area contributed by atoms with Crippen molar-refractivity contribution in [2.24, 2.45) is 5.92 Å². The molecule has 1 aromatic carbocycles. The van der Waals surface area contributed by atoms with Crippen LogP contribution in [0.5, 0.6) is 0 Å². The second kappa shape index (κ2) is 9.52. The molecule has 154 valence electrons. The number of pyridine rings is 1. The maximum Gasteiger partial charge on any atom is 0.337 e. The first-order valence-electron chi connectivity index (χ1n) is 9.86. The molecule has 0 radical (unpaired) electrons. The molecular weight excluding hydrogens is 370 g/mol. The molecule has 0 bridgehead atoms. The Labute approximate surface area is 170 Å². The smallest absolute Gasteiger partial charge is 0.337 e. The summed E-state index contributed by atoms with van der Waals surface area (Å²) in [7, 11) is 1.33. The van der Waals surface area contributed by atoms with Crippen LogP contribution in [0.1, 0.15) is 44.7 Å². The summed E-state index contributed by atoms with van der Waals surface area (Å²) in [6.45, 7) is 4.56. The minimum atomic E-state index is -0.408. The van der Waals surface area contributed by atoms with E-state index in [4.69, 9.17) is 0 Å². The van der Waals surface area contributed by atoms with Crippen molar-refractivity contribution in [3.8, 4) is 0 Å². The fourth-order valence-electron chi connectivity index (χ4n) is 3.59. The Hall–Kier alpha value is -2.93. The second-order valence-corrected chi connectivity index (χ2v) is 7.41. The summed E-state index contributed by atoms with van der Waals surface area (Å²) in [6, 6.07) is 8.60. The molecule has 1 aromatic heterocycles. The van der Waals surface area contributed by atoms with Crippen molar-refractivity contribution >= 4 is 11.9 Å². The van der Waals surface area contributed by atoms with E-state index >= 15 is 0 Å². The average Bonchev–Trinajstić information content (AvgIpc) is 2.75. The lowest BCUT2D eigenvalue weighted by Crippen LogP contribution is -2.37. The van der Waals surface area contributed by atoms with Crippen LogP contribution in [-0.4, -0.2) is 36.6 Å². The highest BCUT2D eigenvalue weighted by atomic mass is 16.5. The zero-order valence-corrected chi connectivity index (χ0v) is 16.9. The zero-order chi connectivity index (χ0) is 20.8. The predicted molar refractivity (Wildman–Crippen MR) is 110 cm³/mol. The van der Waals surface area contributed by atoms with Gasteiger partial charge in [0, 0.05) is 19.3 Å². The van der Waals surface area contributed by atoms with Gasteiger partial charge < -0.3 is 19.9 Å². The molecule has 3 rings (SSSR count). The van der Waals surface area contributed by atoms with Crippen molar-refractivity contribution < 1.29 is 14.3 Å². The Bertz CT molecular complexity index is 928. The summed E-state index contributed by atoms with van der Waals surface area (Å²) < 4.78 is 6.32. The summed E-state index contributed by atoms with van der Waals surface area (Å²) in [6.07, 6.45) is 3.96. The van der Waals surface area contributed by atoms with E-state index in [-0.39, 0.29) is 23.6 Å². The number of esters is 1. The van der Waals surface area contributed by atoms with Crippen molar-refractivity contribution in [3.05, 3.63) is 69.1 Å². The Kier molecular flexibility index (Phi) is 6.82. The fourth-order valence-corrected chi connectivity index (χ4v) is 3.59. The average molecular weight is 397 g/mol. The summed E-state index contributed by atoms with van der Waals surface area (Å²) in [4.78, 5) is 37.1. The lowest BCUT2D eigenvalue weighted by Gasteiger charge is -2.23. The first kappa shape index (κ1) is 20.8. The summed E-state index contributed by atoms with van der Waals surface area (Å²) >= 11 is 0. The number of nitrogens with zero attached hydrogens (tertiary/aromatic N) is 1. The van der Waals surface area contributed by atoms with Crippen LogP contribution in [0, 0.1) is 12.8 Å². The number of benzene rings is 1. The van der Waals surface area contributed by atoms with E-state index in [0.717, 1.165) is 31.5 Å². The third-order valence-electron chi connectivity index (χ3n) is 5.28. The summed E-state index contributed by atoms with van der Waals surface area (Å²) in [5.74, 6) is -0.400. The SMILES string of the molecule is COC(=O)c1ccc(CNC(=O)c2c(C)ccn(CC3CCCNC3)c2=O)cc1. The van der Waals surface area contributed by atoms with E-state index in [9.17, 15) is 14.4 Å². The van der Waals surface area contributed by atoms with Gasteiger partial charge in [-0.05, 0) is 68.1 Å². The molecule has 0 aliphatic carbocycles. The number of carbonyl (C=O) groups excluding carboxylic acids is 2. The van der Waals surface area contributed by atoms with E-state index in [1.54, 1.807) is 42.0 Å². The topological polar surface area (TPSA) is 89.4 Å². The lowest BCUT2D eigenvalue weighted by molar-refractivity contribution is 0.0600. The molecular formula is C22H27N3O4. The van der Waals surface area contributed by atoms with Crippen LogP contribution < -0.4 is 16.2 Å². The fraction of sp³-hybridized carbons (Fsp3) is 0.409. The van der Waals surface area contributed by atoms with E-state index in [0.29, 0.717) is 23.6 Å². The Morgan fingerprint density at radius 2 is 2.00 bits per heavy atom. The molecule has 1 unspecified atom stereocenters. The molecule has 1 saturated heterocycles. The number of ether oxygens (including phenoxy) is 1. The van der Waals surface area contributed by atoms with Gasteiger partial charge in [-0.1, -0.05) is 12.1 Å². The largest absolute Gasteiger partial charge is 0.465 e. The van der Waals surface area contributed by atoms with Crippen molar-refractivity contribution in [2.45, 2.75) is 32.9 Å². The minimum Gasteiger partial charge on any atom is -0.465 e. The van der Waals surface area contributed by atoms with Gasteiger partial charge in [0.2, 0.25) is 0 Å². The Balaban J connectivity index is 1.69. The molecule has 2 N–H and O–H groups in total. The Morgan fingerprint density at radius 3 is 2.66 bits per heavy atom. The third kappa shape index (κ3) is 5.12. The number of amides is 1. The van der Waals surface area contributed by atoms with Gasteiger partial charge in [-0.3, -0.25) is 9.59 Å². The van der Waals surface area contributed by atoms with Crippen LogP contribution >= 0.6 is 0 Å². The molecule has 1 atom stereocenters. The minimum absolute atomic E-state index is 0.183. The quantitative estimate of drug-likeness (QED) is 0.727. The van der Waals surface area contributed by atoms with Gasteiger partial charge in [0.25, 0.3) is 11.5 Å². The van der Waals surface area contributed by atoms with E-state index in [1.165, 1.54) is 7.11 Å². The van der Waals surface area contributed by atoms with E-state index in [1.807, 2.05) is 6.07 Å². The number of piperidine rings is 1. The molecule has 1 fully saturated rings. The lowest BCUT2D eigenvalue weighted by atomic mass is 9.99. The van der Waals surface area contributed by atoms with Crippen molar-refractivity contribution in [1.29, 1.82) is 0 Å². The molecule has 29 heavy (non-hydrogen) atoms. The molecule has 7 nitrogen and oxygen atoms in total. The molecule has 7 heteroatoms. The van der Waals surface area contributed by atoms with Crippen LogP contribution in [0.2, 0.25) is 0 Å². The standard InChI is InChI=1S/C22H27N3O4/c1-15-9-11-25(14-17-4-3-10-23-12-17)21(27)19(15)20(26)24-13-16-5-7-18(8-6-16)22(28)29-2/h5-9,11,17,23H,3-4,10,12-14H2,1-2H3,(H,24,26). The van der Waals surface area contributed by atoms with Crippen LogP contribution in [0.4, 0.5) is 0 Å². The second-order valence-electron chi connectivity index (χ2n) is 7.41. The maximum absolute atomic E-state index is 12.9. The highest BCUT2D eigenvalue weighted by molar-refractivity contribution is 5.95. The first-order valence-corrected chi connectivity index (χ1v) is 9.86. The predicted octanol–water partition coefficient (Wildman–Crippen LogP) is 1.87. The normalized spacial score (nSPS) is 16.3. The number of hydrogen-bond donors (Lipinski definition) is 2. The first-order chi connectivity index (χ1) is 14.0. The van der Waals surface area contributed by atoms with E-state index in [2.05, 4.69) is 15.4 Å². The van der Waals surface area contributed by atoms with Gasteiger partial charge >= 0.3 is 5.97 Å². The van der Waals surface area contributed by atoms with Crippen LogP contribution in [-0.2, 0) is 17.8 Å². The van der Waals surface area contributed by atoms with Gasteiger partial charge in [-0.2, -0.15) is 0 Å². The number of hydrogen-bond acceptors (Lipinski definition) is 5. The van der Waals surface area contributed by atoms with Gasteiger partial charge in [0.1, 0.15) is 5.56 Å². The number of nitrogens with one attached hydrogen (secondary N) is 2. The van der Waals surface area contributed by atoms with Crippen molar-refractivity contribution in [3.63, 3.8) is 0 Å². The summed E-state index contributed by atoms with van der Waals surface area (Å²) in [5.41, 5.74) is 1.86. The molecule has 1 aliphatic heterocycles. The molecule has 2 heterocycles. The highest BCUT2D eigenvalue weighted by Crippen LogP contribution is 2.13. The third-order valence-corrected chi connectivity index (χ3v) is 5.28. The van der Waals surface area contributed by atoms with Crippen LogP contribution in [0.25, 0.3) is 0 Å². The molecule has 0 saturated carbocycles. The number of rotatable bonds is 6. The monoisotopic (exact) mass is 397 g/mol. The van der Waals surface area contributed by atoms with Crippen molar-refractivity contribution in [1.82, 2.24) is 15.2 Å². The molecule has 1 amide bonds. The van der Waals surface area contributed by atoms with Crippen LogP contribution in [0.3, 0.4) is 0 Å². The molecule has 0 spiro atoms. The maximum atomic E-state index is 12.9. The molecule has 2 aromatic rings.